The Morgan fingerprint density at radius 3 is 2.64 bits per heavy atom. The molecule has 1 unspecified atom stereocenters. The first kappa shape index (κ1) is 18.3. The first-order chi connectivity index (χ1) is 12.3. The molecular formula is C20H29N3OS. The number of carbonyl (C=O) groups is 1. The van der Waals surface area contributed by atoms with Gasteiger partial charge in [-0.3, -0.25) is 9.79 Å². The van der Waals surface area contributed by atoms with Gasteiger partial charge in [-0.2, -0.15) is 0 Å². The number of hydrogen-bond acceptors (Lipinski definition) is 4. The zero-order chi connectivity index (χ0) is 17.5. The van der Waals surface area contributed by atoms with Crippen LogP contribution < -0.4 is 5.32 Å². The number of benzene rings is 1. The molecular weight excluding hydrogens is 330 g/mol. The molecule has 2 aliphatic rings. The lowest BCUT2D eigenvalue weighted by atomic mass is 10.1. The van der Waals surface area contributed by atoms with Crippen molar-refractivity contribution < 1.29 is 4.79 Å². The Kier molecular flexibility index (Phi) is 6.79. The summed E-state index contributed by atoms with van der Waals surface area (Å²) < 4.78 is 0. The van der Waals surface area contributed by atoms with Crippen LogP contribution in [-0.2, 0) is 4.79 Å². The SMILES string of the molecule is CCN1CCN=C1SC(C(=O)NC1CCCCCC1)c1ccccc1. The summed E-state index contributed by atoms with van der Waals surface area (Å²) in [5, 5.41) is 4.11. The fourth-order valence-corrected chi connectivity index (χ4v) is 4.79. The van der Waals surface area contributed by atoms with Crippen LogP contribution in [0.2, 0.25) is 0 Å². The maximum atomic E-state index is 13.1. The number of nitrogens with one attached hydrogen (secondary N) is 1. The Morgan fingerprint density at radius 1 is 1.24 bits per heavy atom. The van der Waals surface area contributed by atoms with Crippen molar-refractivity contribution in [1.82, 2.24) is 10.2 Å². The van der Waals surface area contributed by atoms with Gasteiger partial charge < -0.3 is 10.2 Å². The third kappa shape index (κ3) is 5.00. The summed E-state index contributed by atoms with van der Waals surface area (Å²) in [5.74, 6) is 0.133. The van der Waals surface area contributed by atoms with Crippen LogP contribution in [-0.4, -0.2) is 41.7 Å². The highest BCUT2D eigenvalue weighted by Crippen LogP contribution is 2.33. The summed E-state index contributed by atoms with van der Waals surface area (Å²) >= 11 is 1.60. The molecule has 1 aliphatic heterocycles. The lowest BCUT2D eigenvalue weighted by Crippen LogP contribution is -2.38. The number of hydrogen-bond donors (Lipinski definition) is 1. The van der Waals surface area contributed by atoms with E-state index in [4.69, 9.17) is 0 Å². The first-order valence-corrected chi connectivity index (χ1v) is 10.5. The molecule has 1 aromatic rings. The largest absolute Gasteiger partial charge is 0.352 e. The molecule has 0 saturated heterocycles. The minimum absolute atomic E-state index is 0.133. The van der Waals surface area contributed by atoms with Crippen molar-refractivity contribution >= 4 is 22.8 Å². The third-order valence-corrected chi connectivity index (χ3v) is 6.35. The first-order valence-electron chi connectivity index (χ1n) is 9.59. The second kappa shape index (κ2) is 9.27. The highest BCUT2D eigenvalue weighted by atomic mass is 32.2. The number of carbonyl (C=O) groups excluding carboxylic acids is 1. The topological polar surface area (TPSA) is 44.7 Å². The van der Waals surface area contributed by atoms with Crippen molar-refractivity contribution in [1.29, 1.82) is 0 Å². The molecule has 1 atom stereocenters. The van der Waals surface area contributed by atoms with Crippen LogP contribution in [0.3, 0.4) is 0 Å². The summed E-state index contributed by atoms with van der Waals surface area (Å²) in [5.41, 5.74) is 1.06. The van der Waals surface area contributed by atoms with Crippen LogP contribution in [0.5, 0.6) is 0 Å². The van der Waals surface area contributed by atoms with Crippen LogP contribution in [0.25, 0.3) is 0 Å². The van der Waals surface area contributed by atoms with Crippen molar-refractivity contribution in [2.45, 2.75) is 56.7 Å². The Balaban J connectivity index is 1.72. The van der Waals surface area contributed by atoms with E-state index in [-0.39, 0.29) is 11.2 Å². The van der Waals surface area contributed by atoms with Crippen LogP contribution in [0.1, 0.15) is 56.3 Å². The predicted octanol–water partition coefficient (Wildman–Crippen LogP) is 3.99. The summed E-state index contributed by atoms with van der Waals surface area (Å²) in [6.45, 7) is 4.88. The van der Waals surface area contributed by atoms with E-state index < -0.39 is 0 Å². The van der Waals surface area contributed by atoms with E-state index in [2.05, 4.69) is 34.3 Å². The van der Waals surface area contributed by atoms with Gasteiger partial charge in [0, 0.05) is 19.1 Å². The molecule has 3 rings (SSSR count). The molecule has 4 nitrogen and oxygen atoms in total. The van der Waals surface area contributed by atoms with Gasteiger partial charge in [-0.15, -0.1) is 0 Å². The van der Waals surface area contributed by atoms with Gasteiger partial charge >= 0.3 is 0 Å². The van der Waals surface area contributed by atoms with Gasteiger partial charge in [0.15, 0.2) is 5.17 Å². The van der Waals surface area contributed by atoms with Crippen molar-refractivity contribution in [2.24, 2.45) is 4.99 Å². The van der Waals surface area contributed by atoms with Crippen LogP contribution >= 0.6 is 11.8 Å². The normalized spacial score (nSPS) is 20.0. The van der Waals surface area contributed by atoms with Gasteiger partial charge in [-0.05, 0) is 25.3 Å². The molecule has 1 heterocycles. The Hall–Kier alpha value is -1.49. The van der Waals surface area contributed by atoms with Gasteiger partial charge in [0.25, 0.3) is 0 Å². The molecule has 0 radical (unpaired) electrons. The smallest absolute Gasteiger partial charge is 0.238 e. The average Bonchev–Trinajstić information content (AvgIpc) is 2.94. The van der Waals surface area contributed by atoms with Crippen LogP contribution in [0, 0.1) is 0 Å². The summed E-state index contributed by atoms with van der Waals surface area (Å²) in [6.07, 6.45) is 7.27. The monoisotopic (exact) mass is 359 g/mol. The molecule has 1 N–H and O–H groups in total. The van der Waals surface area contributed by atoms with Crippen molar-refractivity contribution in [3.05, 3.63) is 35.9 Å². The molecule has 136 valence electrons. The molecule has 0 spiro atoms. The number of rotatable bonds is 5. The molecule has 0 bridgehead atoms. The molecule has 1 aliphatic carbocycles. The van der Waals surface area contributed by atoms with E-state index in [1.807, 2.05) is 18.2 Å². The van der Waals surface area contributed by atoms with Gasteiger partial charge in [0.2, 0.25) is 5.91 Å². The summed E-state index contributed by atoms with van der Waals surface area (Å²) in [7, 11) is 0. The summed E-state index contributed by atoms with van der Waals surface area (Å²) in [6, 6.07) is 10.5. The zero-order valence-electron chi connectivity index (χ0n) is 15.1. The zero-order valence-corrected chi connectivity index (χ0v) is 15.9. The second-order valence-corrected chi connectivity index (χ2v) is 7.92. The van der Waals surface area contributed by atoms with E-state index >= 15 is 0 Å². The Bertz CT molecular complexity index is 582. The maximum absolute atomic E-state index is 13.1. The molecule has 1 aromatic carbocycles. The minimum atomic E-state index is -0.227. The van der Waals surface area contributed by atoms with Crippen molar-refractivity contribution in [3.8, 4) is 0 Å². The Morgan fingerprint density at radius 2 is 1.96 bits per heavy atom. The molecule has 25 heavy (non-hydrogen) atoms. The van der Waals surface area contributed by atoms with E-state index in [1.54, 1.807) is 11.8 Å². The lowest BCUT2D eigenvalue weighted by molar-refractivity contribution is -0.121. The van der Waals surface area contributed by atoms with Crippen molar-refractivity contribution in [2.75, 3.05) is 19.6 Å². The number of amidine groups is 1. The van der Waals surface area contributed by atoms with E-state index in [0.29, 0.717) is 6.04 Å². The number of aliphatic imine (C=N–C) groups is 1. The highest BCUT2D eigenvalue weighted by molar-refractivity contribution is 8.14. The molecule has 1 saturated carbocycles. The molecule has 5 heteroatoms. The van der Waals surface area contributed by atoms with Crippen molar-refractivity contribution in [3.63, 3.8) is 0 Å². The van der Waals surface area contributed by atoms with Gasteiger partial charge in [0.1, 0.15) is 5.25 Å². The molecule has 1 fully saturated rings. The fraction of sp³-hybridized carbons (Fsp3) is 0.600. The van der Waals surface area contributed by atoms with Gasteiger partial charge in [0.05, 0.1) is 6.54 Å². The number of likely N-dealkylation sites (N-methyl/N-ethyl adjacent to an activating group) is 1. The number of thioether (sulfide) groups is 1. The van der Waals surface area contributed by atoms with Gasteiger partial charge in [-0.1, -0.05) is 67.8 Å². The number of amides is 1. The maximum Gasteiger partial charge on any atom is 0.238 e. The lowest BCUT2D eigenvalue weighted by Gasteiger charge is -2.24. The van der Waals surface area contributed by atoms with Crippen LogP contribution in [0.15, 0.2) is 35.3 Å². The van der Waals surface area contributed by atoms with E-state index in [1.165, 1.54) is 25.7 Å². The number of nitrogens with zero attached hydrogens (tertiary/aromatic N) is 2. The standard InChI is InChI=1S/C20H29N3OS/c1-2-23-15-14-21-20(23)25-18(16-10-6-5-7-11-16)19(24)22-17-12-8-3-4-9-13-17/h5-7,10-11,17-18H,2-4,8-9,12-15H2,1H3,(H,22,24). The summed E-state index contributed by atoms with van der Waals surface area (Å²) in [4.78, 5) is 20.0. The highest BCUT2D eigenvalue weighted by Gasteiger charge is 2.28. The second-order valence-electron chi connectivity index (χ2n) is 6.85. The van der Waals surface area contributed by atoms with Crippen LogP contribution in [0.4, 0.5) is 0 Å². The minimum Gasteiger partial charge on any atom is -0.352 e. The Labute approximate surface area is 155 Å². The van der Waals surface area contributed by atoms with Gasteiger partial charge in [-0.25, -0.2) is 0 Å². The fourth-order valence-electron chi connectivity index (χ4n) is 3.57. The predicted molar refractivity (Wildman–Crippen MR) is 106 cm³/mol. The molecule has 1 amide bonds. The van der Waals surface area contributed by atoms with E-state index in [9.17, 15) is 4.79 Å². The third-order valence-electron chi connectivity index (χ3n) is 5.03. The van der Waals surface area contributed by atoms with E-state index in [0.717, 1.165) is 43.2 Å². The average molecular weight is 360 g/mol. The molecule has 0 aromatic heterocycles. The quantitative estimate of drug-likeness (QED) is 0.809.